The summed E-state index contributed by atoms with van der Waals surface area (Å²) in [6, 6.07) is 0.326. The van der Waals surface area contributed by atoms with Crippen molar-refractivity contribution >= 4 is 12.2 Å². The minimum absolute atomic E-state index is 0.211. The first-order chi connectivity index (χ1) is 8.19. The van der Waals surface area contributed by atoms with Gasteiger partial charge >= 0.3 is 0 Å². The van der Waals surface area contributed by atoms with Crippen LogP contribution < -0.4 is 5.32 Å². The predicted octanol–water partition coefficient (Wildman–Crippen LogP) is 2.69. The normalized spacial score (nSPS) is 27.6. The molecule has 0 saturated heterocycles. The Balaban J connectivity index is 2.42. The highest BCUT2D eigenvalue weighted by molar-refractivity contribution is 5.83. The van der Waals surface area contributed by atoms with Crippen molar-refractivity contribution in [1.29, 1.82) is 0 Å². The van der Waals surface area contributed by atoms with Crippen LogP contribution in [0, 0.1) is 11.8 Å². The maximum atomic E-state index is 12.1. The molecule has 3 heteroatoms. The van der Waals surface area contributed by atoms with E-state index in [-0.39, 0.29) is 11.8 Å². The van der Waals surface area contributed by atoms with Crippen molar-refractivity contribution in [3.8, 4) is 0 Å². The van der Waals surface area contributed by atoms with Crippen LogP contribution in [0.1, 0.15) is 58.8 Å². The highest BCUT2D eigenvalue weighted by Crippen LogP contribution is 2.26. The Morgan fingerprint density at radius 1 is 1.29 bits per heavy atom. The first-order valence-corrected chi connectivity index (χ1v) is 6.92. The third kappa shape index (κ3) is 4.49. The summed E-state index contributed by atoms with van der Waals surface area (Å²) in [5, 5.41) is 2.86. The SMILES string of the molecule is CCC(C)C(=O)C1CCCC(NC=O)CCC1. The largest absolute Gasteiger partial charge is 0.356 e. The van der Waals surface area contributed by atoms with Gasteiger partial charge in [0, 0.05) is 17.9 Å². The monoisotopic (exact) mass is 239 g/mol. The molecule has 17 heavy (non-hydrogen) atoms. The Labute approximate surface area is 104 Å². The van der Waals surface area contributed by atoms with E-state index in [0.717, 1.165) is 51.4 Å². The van der Waals surface area contributed by atoms with Gasteiger partial charge in [0.2, 0.25) is 6.41 Å². The van der Waals surface area contributed by atoms with Gasteiger partial charge in [-0.3, -0.25) is 9.59 Å². The second kappa shape index (κ2) is 7.46. The fourth-order valence-electron chi connectivity index (χ4n) is 2.66. The number of carbonyl (C=O) groups is 2. The molecule has 1 atom stereocenters. The van der Waals surface area contributed by atoms with Crippen LogP contribution in [-0.4, -0.2) is 18.2 Å². The first kappa shape index (κ1) is 14.2. The fraction of sp³-hybridized carbons (Fsp3) is 0.857. The summed E-state index contributed by atoms with van der Waals surface area (Å²) >= 11 is 0. The zero-order valence-corrected chi connectivity index (χ0v) is 11.1. The minimum atomic E-state index is 0.211. The molecule has 1 unspecified atom stereocenters. The lowest BCUT2D eigenvalue weighted by atomic mass is 9.82. The van der Waals surface area contributed by atoms with Gasteiger partial charge in [0.05, 0.1) is 0 Å². The number of nitrogens with one attached hydrogen (secondary N) is 1. The number of Topliss-reactive ketones (excluding diaryl/α,β-unsaturated/α-hetero) is 1. The van der Waals surface area contributed by atoms with E-state index in [1.807, 2.05) is 6.92 Å². The van der Waals surface area contributed by atoms with E-state index >= 15 is 0 Å². The second-order valence-corrected chi connectivity index (χ2v) is 5.25. The molecule has 0 bridgehead atoms. The molecule has 1 N–H and O–H groups in total. The number of amides is 1. The summed E-state index contributed by atoms with van der Waals surface area (Å²) in [7, 11) is 0. The summed E-state index contributed by atoms with van der Waals surface area (Å²) in [5.74, 6) is 0.930. The maximum absolute atomic E-state index is 12.1. The van der Waals surface area contributed by atoms with Crippen LogP contribution >= 0.6 is 0 Å². The van der Waals surface area contributed by atoms with Crippen molar-refractivity contribution in [3.05, 3.63) is 0 Å². The summed E-state index contributed by atoms with van der Waals surface area (Å²) in [5.41, 5.74) is 0. The molecule has 0 radical (unpaired) electrons. The smallest absolute Gasteiger partial charge is 0.207 e. The molecule has 0 spiro atoms. The van der Waals surface area contributed by atoms with Gasteiger partial charge in [-0.1, -0.05) is 26.7 Å². The van der Waals surface area contributed by atoms with Crippen molar-refractivity contribution in [2.45, 2.75) is 64.8 Å². The van der Waals surface area contributed by atoms with Crippen LogP contribution in [0.2, 0.25) is 0 Å². The number of carbonyl (C=O) groups excluding carboxylic acids is 2. The fourth-order valence-corrected chi connectivity index (χ4v) is 2.66. The van der Waals surface area contributed by atoms with Crippen LogP contribution in [0.3, 0.4) is 0 Å². The van der Waals surface area contributed by atoms with Crippen molar-refractivity contribution in [3.63, 3.8) is 0 Å². The van der Waals surface area contributed by atoms with Gasteiger partial charge in [-0.15, -0.1) is 0 Å². The average molecular weight is 239 g/mol. The summed E-state index contributed by atoms with van der Waals surface area (Å²) in [6.07, 6.45) is 7.89. The molecule has 0 aliphatic heterocycles. The third-order valence-electron chi connectivity index (χ3n) is 4.01. The Kier molecular flexibility index (Phi) is 6.23. The van der Waals surface area contributed by atoms with Crippen LogP contribution in [0.15, 0.2) is 0 Å². The molecule has 0 aromatic rings. The van der Waals surface area contributed by atoms with E-state index in [0.29, 0.717) is 11.8 Å². The molecular formula is C14H25NO2. The van der Waals surface area contributed by atoms with E-state index in [9.17, 15) is 9.59 Å². The van der Waals surface area contributed by atoms with Crippen molar-refractivity contribution in [1.82, 2.24) is 5.32 Å². The predicted molar refractivity (Wildman–Crippen MR) is 68.6 cm³/mol. The Hall–Kier alpha value is -0.860. The first-order valence-electron chi connectivity index (χ1n) is 6.92. The van der Waals surface area contributed by atoms with E-state index in [1.165, 1.54) is 0 Å². The lowest BCUT2D eigenvalue weighted by Crippen LogP contribution is -2.30. The molecule has 0 heterocycles. The average Bonchev–Trinajstić information content (AvgIpc) is 2.30. The van der Waals surface area contributed by atoms with E-state index in [4.69, 9.17) is 0 Å². The molecule has 1 aliphatic rings. The zero-order valence-electron chi connectivity index (χ0n) is 11.1. The zero-order chi connectivity index (χ0) is 12.7. The lowest BCUT2D eigenvalue weighted by Gasteiger charge is -2.25. The van der Waals surface area contributed by atoms with Crippen molar-refractivity contribution < 1.29 is 9.59 Å². The number of ketones is 1. The van der Waals surface area contributed by atoms with Crippen molar-refractivity contribution in [2.75, 3.05) is 0 Å². The number of hydrogen-bond acceptors (Lipinski definition) is 2. The molecule has 0 aromatic heterocycles. The Morgan fingerprint density at radius 2 is 1.88 bits per heavy atom. The highest BCUT2D eigenvalue weighted by Gasteiger charge is 2.24. The summed E-state index contributed by atoms with van der Waals surface area (Å²) < 4.78 is 0. The molecule has 1 fully saturated rings. The maximum Gasteiger partial charge on any atom is 0.207 e. The number of rotatable bonds is 5. The Bertz CT molecular complexity index is 243. The van der Waals surface area contributed by atoms with E-state index < -0.39 is 0 Å². The molecule has 3 nitrogen and oxygen atoms in total. The molecule has 1 amide bonds. The van der Waals surface area contributed by atoms with Gasteiger partial charge in [-0.2, -0.15) is 0 Å². The van der Waals surface area contributed by atoms with Gasteiger partial charge < -0.3 is 5.32 Å². The van der Waals surface area contributed by atoms with Gasteiger partial charge in [0.15, 0.2) is 0 Å². The minimum Gasteiger partial charge on any atom is -0.356 e. The molecule has 1 saturated carbocycles. The van der Waals surface area contributed by atoms with Crippen LogP contribution in [0.5, 0.6) is 0 Å². The molecule has 1 rings (SSSR count). The standard InChI is InChI=1S/C14H25NO2/c1-3-11(2)14(17)12-6-4-8-13(15-10-16)9-5-7-12/h10-13H,3-9H2,1-2H3,(H,15,16). The summed E-state index contributed by atoms with van der Waals surface area (Å²) in [6.45, 7) is 4.12. The van der Waals surface area contributed by atoms with Crippen LogP contribution in [0.4, 0.5) is 0 Å². The third-order valence-corrected chi connectivity index (χ3v) is 4.01. The molecule has 1 aliphatic carbocycles. The van der Waals surface area contributed by atoms with Crippen molar-refractivity contribution in [2.24, 2.45) is 11.8 Å². The lowest BCUT2D eigenvalue weighted by molar-refractivity contribution is -0.127. The highest BCUT2D eigenvalue weighted by atomic mass is 16.1. The second-order valence-electron chi connectivity index (χ2n) is 5.25. The van der Waals surface area contributed by atoms with Crippen LogP contribution in [-0.2, 0) is 9.59 Å². The van der Waals surface area contributed by atoms with Gasteiger partial charge in [0.25, 0.3) is 0 Å². The van der Waals surface area contributed by atoms with Gasteiger partial charge in [0.1, 0.15) is 5.78 Å². The van der Waals surface area contributed by atoms with Gasteiger partial charge in [-0.05, 0) is 32.1 Å². The molecule has 98 valence electrons. The van der Waals surface area contributed by atoms with Gasteiger partial charge in [-0.25, -0.2) is 0 Å². The molecule has 0 aromatic carbocycles. The van der Waals surface area contributed by atoms with E-state index in [1.54, 1.807) is 0 Å². The quantitative estimate of drug-likeness (QED) is 0.750. The summed E-state index contributed by atoms with van der Waals surface area (Å²) in [4.78, 5) is 22.5. The topological polar surface area (TPSA) is 46.2 Å². The Morgan fingerprint density at radius 3 is 2.35 bits per heavy atom. The number of hydrogen-bond donors (Lipinski definition) is 1. The van der Waals surface area contributed by atoms with E-state index in [2.05, 4.69) is 12.2 Å². The molecular weight excluding hydrogens is 214 g/mol. The van der Waals surface area contributed by atoms with Crippen LogP contribution in [0.25, 0.3) is 0 Å².